The minimum Gasteiger partial charge on any atom is -0.361 e. The van der Waals surface area contributed by atoms with Crippen LogP contribution in [-0.4, -0.2) is 57.0 Å². The molecule has 3 aromatic rings. The summed E-state index contributed by atoms with van der Waals surface area (Å²) < 4.78 is 0. The molecule has 4 N–H and O–H groups in total. The summed E-state index contributed by atoms with van der Waals surface area (Å²) in [5.41, 5.74) is 6.24. The SMILES string of the molecule is Cc1cc2nc3c1NC(=O)/C3=C\c1[nH]ccc1C(=O)N(C)CCNCc1[nH]ncc1-2. The number of aromatic nitrogens is 4. The van der Waals surface area contributed by atoms with E-state index in [-0.39, 0.29) is 11.8 Å². The zero-order valence-electron chi connectivity index (χ0n) is 16.7. The fourth-order valence-corrected chi connectivity index (χ4v) is 3.85. The summed E-state index contributed by atoms with van der Waals surface area (Å²) in [5.74, 6) is -0.351. The summed E-state index contributed by atoms with van der Waals surface area (Å²) in [5, 5.41) is 13.5. The molecule has 2 amide bonds. The molecular formula is C21H21N7O2. The highest BCUT2D eigenvalue weighted by molar-refractivity contribution is 6.34. The standard InChI is InChI=1S/C21H21N7O2/c1-11-7-16-14-9-24-27-17(14)10-22-5-6-28(2)21(30)12-3-4-23-15(12)8-13-19(25-16)18(11)26-20(13)29/h3-4,7-9,22-23H,5-6,10H2,1-2H3,(H,24,27)(H,26,29)/b13-8-. The van der Waals surface area contributed by atoms with Gasteiger partial charge in [-0.15, -0.1) is 0 Å². The Kier molecular flexibility index (Phi) is 4.25. The Balaban J connectivity index is 1.72. The van der Waals surface area contributed by atoms with E-state index in [9.17, 15) is 9.59 Å². The second-order valence-electron chi connectivity index (χ2n) is 7.53. The van der Waals surface area contributed by atoms with E-state index >= 15 is 0 Å². The molecule has 152 valence electrons. The van der Waals surface area contributed by atoms with Crippen molar-refractivity contribution in [3.8, 4) is 11.3 Å². The maximum absolute atomic E-state index is 12.9. The highest BCUT2D eigenvalue weighted by Crippen LogP contribution is 2.37. The third-order valence-corrected chi connectivity index (χ3v) is 5.52. The van der Waals surface area contributed by atoms with E-state index in [1.807, 2.05) is 13.0 Å². The van der Waals surface area contributed by atoms with Gasteiger partial charge in [0.2, 0.25) is 0 Å². The van der Waals surface area contributed by atoms with Crippen molar-refractivity contribution in [2.75, 3.05) is 25.5 Å². The summed E-state index contributed by atoms with van der Waals surface area (Å²) in [6, 6.07) is 3.68. The Labute approximate surface area is 172 Å². The average molecular weight is 403 g/mol. The second-order valence-corrected chi connectivity index (χ2v) is 7.53. The van der Waals surface area contributed by atoms with Gasteiger partial charge in [-0.3, -0.25) is 14.7 Å². The largest absolute Gasteiger partial charge is 0.361 e. The number of anilines is 1. The predicted octanol–water partition coefficient (Wildman–Crippen LogP) is 1.78. The Morgan fingerprint density at radius 2 is 2.07 bits per heavy atom. The van der Waals surface area contributed by atoms with Crippen LogP contribution in [0.15, 0.2) is 24.5 Å². The van der Waals surface area contributed by atoms with Gasteiger partial charge < -0.3 is 20.5 Å². The predicted molar refractivity (Wildman–Crippen MR) is 113 cm³/mol. The first-order chi connectivity index (χ1) is 14.5. The Bertz CT molecular complexity index is 1200. The molecule has 0 atom stereocenters. The number of aryl methyl sites for hydroxylation is 1. The molecule has 0 saturated heterocycles. The summed E-state index contributed by atoms with van der Waals surface area (Å²) in [4.78, 5) is 35.2. The Morgan fingerprint density at radius 3 is 2.93 bits per heavy atom. The van der Waals surface area contributed by atoms with Gasteiger partial charge in [0, 0.05) is 38.4 Å². The van der Waals surface area contributed by atoms with E-state index in [2.05, 4.69) is 25.8 Å². The molecule has 0 spiro atoms. The Morgan fingerprint density at radius 1 is 1.20 bits per heavy atom. The van der Waals surface area contributed by atoms with Gasteiger partial charge in [0.25, 0.3) is 11.8 Å². The lowest BCUT2D eigenvalue weighted by molar-refractivity contribution is -0.110. The van der Waals surface area contributed by atoms with Gasteiger partial charge in [0.15, 0.2) is 0 Å². The topological polar surface area (TPSA) is 119 Å². The van der Waals surface area contributed by atoms with Crippen molar-refractivity contribution in [2.24, 2.45) is 0 Å². The molecule has 2 aliphatic rings. The number of nitrogens with zero attached hydrogens (tertiary/aromatic N) is 3. The number of hydrogen-bond acceptors (Lipinski definition) is 5. The lowest BCUT2D eigenvalue weighted by Gasteiger charge is -2.17. The molecule has 5 heterocycles. The van der Waals surface area contributed by atoms with E-state index in [0.717, 1.165) is 22.5 Å². The van der Waals surface area contributed by atoms with E-state index in [4.69, 9.17) is 4.98 Å². The molecule has 3 aromatic heterocycles. The number of aromatic amines is 2. The second kappa shape index (κ2) is 6.96. The van der Waals surface area contributed by atoms with E-state index in [1.165, 1.54) is 0 Å². The summed E-state index contributed by atoms with van der Waals surface area (Å²) in [7, 11) is 1.77. The molecule has 0 unspecified atom stereocenters. The van der Waals surface area contributed by atoms with Crippen molar-refractivity contribution < 1.29 is 9.59 Å². The number of fused-ring (bicyclic) bond motifs is 4. The molecule has 9 heteroatoms. The number of carbonyl (C=O) groups excluding carboxylic acids is 2. The Hall–Kier alpha value is -3.72. The summed E-state index contributed by atoms with van der Waals surface area (Å²) >= 11 is 0. The zero-order valence-corrected chi connectivity index (χ0v) is 16.7. The van der Waals surface area contributed by atoms with Crippen molar-refractivity contribution in [2.45, 2.75) is 13.5 Å². The molecule has 0 radical (unpaired) electrons. The van der Waals surface area contributed by atoms with Gasteiger partial charge in [-0.05, 0) is 30.7 Å². The van der Waals surface area contributed by atoms with Crippen LogP contribution in [0.1, 0.15) is 33.0 Å². The molecule has 0 fully saturated rings. The van der Waals surface area contributed by atoms with Crippen molar-refractivity contribution in [3.05, 3.63) is 52.7 Å². The number of amides is 2. The first-order valence-electron chi connectivity index (χ1n) is 9.74. The third kappa shape index (κ3) is 2.91. The molecule has 5 rings (SSSR count). The first-order valence-corrected chi connectivity index (χ1v) is 9.74. The van der Waals surface area contributed by atoms with Gasteiger partial charge in [0.05, 0.1) is 40.1 Å². The summed E-state index contributed by atoms with van der Waals surface area (Å²) in [6.45, 7) is 3.67. The molecule has 9 nitrogen and oxygen atoms in total. The van der Waals surface area contributed by atoms with Gasteiger partial charge in [-0.25, -0.2) is 4.98 Å². The number of likely N-dealkylation sites (N-methyl/N-ethyl adjacent to an activating group) is 1. The first kappa shape index (κ1) is 18.3. The summed E-state index contributed by atoms with van der Waals surface area (Å²) in [6.07, 6.45) is 5.15. The van der Waals surface area contributed by atoms with Crippen LogP contribution < -0.4 is 10.6 Å². The number of hydrogen-bond donors (Lipinski definition) is 4. The molecular weight excluding hydrogens is 382 g/mol. The van der Waals surface area contributed by atoms with Gasteiger partial charge in [0.1, 0.15) is 5.69 Å². The highest BCUT2D eigenvalue weighted by Gasteiger charge is 2.29. The maximum atomic E-state index is 12.9. The molecule has 30 heavy (non-hydrogen) atoms. The van der Waals surface area contributed by atoms with Crippen LogP contribution in [0.2, 0.25) is 0 Å². The van der Waals surface area contributed by atoms with Crippen LogP contribution in [0.5, 0.6) is 0 Å². The molecule has 0 aromatic carbocycles. The van der Waals surface area contributed by atoms with Crippen LogP contribution in [0.25, 0.3) is 22.9 Å². The maximum Gasteiger partial charge on any atom is 0.258 e. The monoisotopic (exact) mass is 403 g/mol. The smallest absolute Gasteiger partial charge is 0.258 e. The lowest BCUT2D eigenvalue weighted by atomic mass is 10.0. The van der Waals surface area contributed by atoms with Crippen LogP contribution in [0, 0.1) is 6.92 Å². The molecule has 0 aliphatic carbocycles. The van der Waals surface area contributed by atoms with Crippen LogP contribution in [0.3, 0.4) is 0 Å². The van der Waals surface area contributed by atoms with Crippen molar-refractivity contribution >= 4 is 29.2 Å². The zero-order chi connectivity index (χ0) is 20.8. The van der Waals surface area contributed by atoms with Crippen LogP contribution in [-0.2, 0) is 11.3 Å². The molecule has 2 aliphatic heterocycles. The van der Waals surface area contributed by atoms with Gasteiger partial charge in [-0.1, -0.05) is 0 Å². The van der Waals surface area contributed by atoms with Gasteiger partial charge in [-0.2, -0.15) is 5.10 Å². The third-order valence-electron chi connectivity index (χ3n) is 5.52. The average Bonchev–Trinajstić information content (AvgIpc) is 3.44. The minimum atomic E-state index is -0.238. The molecule has 2 bridgehead atoms. The van der Waals surface area contributed by atoms with Gasteiger partial charge >= 0.3 is 0 Å². The van der Waals surface area contributed by atoms with E-state index in [1.54, 1.807) is 36.5 Å². The number of carbonyl (C=O) groups is 2. The highest BCUT2D eigenvalue weighted by atomic mass is 16.2. The molecule has 0 saturated carbocycles. The number of H-pyrrole nitrogens is 2. The number of rotatable bonds is 0. The quantitative estimate of drug-likeness (QED) is 0.456. The van der Waals surface area contributed by atoms with Crippen LogP contribution >= 0.6 is 0 Å². The fourth-order valence-electron chi connectivity index (χ4n) is 3.85. The van der Waals surface area contributed by atoms with Crippen molar-refractivity contribution in [3.63, 3.8) is 0 Å². The van der Waals surface area contributed by atoms with Crippen LogP contribution in [0.4, 0.5) is 5.69 Å². The lowest BCUT2D eigenvalue weighted by Crippen LogP contribution is -2.34. The fraction of sp³-hybridized carbons (Fsp3) is 0.238. The number of pyridine rings is 1. The van der Waals surface area contributed by atoms with E-state index in [0.29, 0.717) is 47.8 Å². The van der Waals surface area contributed by atoms with Crippen molar-refractivity contribution in [1.29, 1.82) is 0 Å². The minimum absolute atomic E-state index is 0.112. The number of nitrogens with one attached hydrogen (secondary N) is 4. The van der Waals surface area contributed by atoms with E-state index < -0.39 is 0 Å². The van der Waals surface area contributed by atoms with Crippen molar-refractivity contribution in [1.82, 2.24) is 30.4 Å². The normalized spacial score (nSPS) is 18.1.